The molecule has 1 atom stereocenters. The van der Waals surface area contributed by atoms with Gasteiger partial charge in [0.1, 0.15) is 5.76 Å². The summed E-state index contributed by atoms with van der Waals surface area (Å²) in [5.41, 5.74) is 5.47. The van der Waals surface area contributed by atoms with Crippen molar-refractivity contribution < 1.29 is 9.32 Å². The number of aromatic nitrogens is 1. The number of carbonyl (C=O) groups is 1. The number of likely N-dealkylation sites (tertiary alicyclic amines) is 1. The molecule has 126 valence electrons. The fraction of sp³-hybridized carbons (Fsp3) is 0.500. The first-order valence-corrected chi connectivity index (χ1v) is 9.01. The van der Waals surface area contributed by atoms with Crippen molar-refractivity contribution in [2.24, 2.45) is 0 Å². The topological polar surface area (TPSA) is 46.3 Å². The third-order valence-electron chi connectivity index (χ3n) is 5.67. The highest BCUT2D eigenvalue weighted by Crippen LogP contribution is 2.36. The molecule has 1 aromatic heterocycles. The molecule has 0 N–H and O–H groups in total. The van der Waals surface area contributed by atoms with Crippen LogP contribution in [0, 0.1) is 13.8 Å². The zero-order chi connectivity index (χ0) is 16.7. The van der Waals surface area contributed by atoms with E-state index < -0.39 is 0 Å². The van der Waals surface area contributed by atoms with E-state index in [0.717, 1.165) is 56.4 Å². The van der Waals surface area contributed by atoms with E-state index >= 15 is 0 Å². The van der Waals surface area contributed by atoms with Crippen LogP contribution in [0.5, 0.6) is 0 Å². The van der Waals surface area contributed by atoms with Crippen LogP contribution in [0.1, 0.15) is 70.2 Å². The van der Waals surface area contributed by atoms with E-state index in [-0.39, 0.29) is 11.9 Å². The molecule has 1 amide bonds. The Labute approximate surface area is 142 Å². The van der Waals surface area contributed by atoms with Crippen molar-refractivity contribution in [1.29, 1.82) is 0 Å². The van der Waals surface area contributed by atoms with Crippen LogP contribution in [0.4, 0.5) is 0 Å². The van der Waals surface area contributed by atoms with Crippen molar-refractivity contribution in [2.75, 3.05) is 6.54 Å². The second kappa shape index (κ2) is 6.08. The van der Waals surface area contributed by atoms with Crippen molar-refractivity contribution in [3.05, 3.63) is 51.9 Å². The van der Waals surface area contributed by atoms with Gasteiger partial charge in [-0.15, -0.1) is 0 Å². The predicted octanol–water partition coefficient (Wildman–Crippen LogP) is 4.15. The number of rotatable bonds is 2. The van der Waals surface area contributed by atoms with Crippen LogP contribution >= 0.6 is 0 Å². The van der Waals surface area contributed by atoms with Crippen molar-refractivity contribution in [3.63, 3.8) is 0 Å². The number of nitrogens with zero attached hydrogens (tertiary/aromatic N) is 2. The van der Waals surface area contributed by atoms with Crippen LogP contribution in [0.25, 0.3) is 0 Å². The Kier molecular flexibility index (Phi) is 3.91. The van der Waals surface area contributed by atoms with Gasteiger partial charge in [-0.1, -0.05) is 23.4 Å². The molecule has 1 saturated heterocycles. The summed E-state index contributed by atoms with van der Waals surface area (Å²) in [4.78, 5) is 15.2. The molecule has 1 aromatic carbocycles. The maximum Gasteiger partial charge on any atom is 0.276 e. The second-order valence-electron chi connectivity index (χ2n) is 7.09. The second-order valence-corrected chi connectivity index (χ2v) is 7.09. The minimum Gasteiger partial charge on any atom is -0.360 e. The van der Waals surface area contributed by atoms with E-state index in [2.05, 4.69) is 37.2 Å². The molecule has 1 fully saturated rings. The summed E-state index contributed by atoms with van der Waals surface area (Å²) < 4.78 is 5.45. The van der Waals surface area contributed by atoms with E-state index in [4.69, 9.17) is 4.52 Å². The molecule has 2 heterocycles. The Bertz CT molecular complexity index is 778. The van der Waals surface area contributed by atoms with E-state index in [9.17, 15) is 4.79 Å². The van der Waals surface area contributed by atoms with Crippen LogP contribution in [-0.4, -0.2) is 22.5 Å². The fourth-order valence-corrected chi connectivity index (χ4v) is 4.16. The highest BCUT2D eigenvalue weighted by molar-refractivity contribution is 5.94. The molecule has 0 bridgehead atoms. The van der Waals surface area contributed by atoms with E-state index in [1.54, 1.807) is 0 Å². The highest BCUT2D eigenvalue weighted by atomic mass is 16.5. The molecule has 4 nitrogen and oxygen atoms in total. The molecule has 0 unspecified atom stereocenters. The number of hydrogen-bond donors (Lipinski definition) is 0. The third kappa shape index (κ3) is 2.45. The molecule has 1 aliphatic carbocycles. The Hall–Kier alpha value is -2.10. The lowest BCUT2D eigenvalue weighted by molar-refractivity contribution is 0.0723. The molecular weight excluding hydrogens is 300 g/mol. The first kappa shape index (κ1) is 15.4. The summed E-state index contributed by atoms with van der Waals surface area (Å²) in [5, 5.41) is 4.14. The average molecular weight is 324 g/mol. The molecule has 0 spiro atoms. The molecule has 24 heavy (non-hydrogen) atoms. The van der Waals surface area contributed by atoms with E-state index in [1.165, 1.54) is 16.7 Å². The fourth-order valence-electron chi connectivity index (χ4n) is 4.16. The first-order valence-electron chi connectivity index (χ1n) is 9.01. The summed E-state index contributed by atoms with van der Waals surface area (Å²) >= 11 is 0. The normalized spacial score (nSPS) is 20.2. The number of benzene rings is 1. The molecule has 2 aliphatic rings. The summed E-state index contributed by atoms with van der Waals surface area (Å²) in [6.07, 6.45) is 6.15. The molecular formula is C20H24N2O2. The van der Waals surface area contributed by atoms with Gasteiger partial charge in [0, 0.05) is 18.5 Å². The Balaban J connectivity index is 1.66. The van der Waals surface area contributed by atoms with Gasteiger partial charge < -0.3 is 9.42 Å². The summed E-state index contributed by atoms with van der Waals surface area (Å²) in [5.74, 6) is 0.970. The zero-order valence-corrected chi connectivity index (χ0v) is 14.5. The minimum absolute atomic E-state index is 0.0466. The van der Waals surface area contributed by atoms with Gasteiger partial charge in [0.2, 0.25) is 0 Å². The van der Waals surface area contributed by atoms with Gasteiger partial charge in [0.15, 0.2) is 5.69 Å². The Morgan fingerprint density at radius 3 is 2.92 bits per heavy atom. The van der Waals surface area contributed by atoms with E-state index in [1.807, 2.05) is 4.90 Å². The smallest absolute Gasteiger partial charge is 0.276 e. The van der Waals surface area contributed by atoms with Gasteiger partial charge in [-0.3, -0.25) is 4.79 Å². The molecule has 0 saturated carbocycles. The van der Waals surface area contributed by atoms with Crippen LogP contribution in [0.3, 0.4) is 0 Å². The number of aryl methyl sites for hydroxylation is 2. The van der Waals surface area contributed by atoms with Crippen LogP contribution in [0.15, 0.2) is 22.7 Å². The Morgan fingerprint density at radius 1 is 1.21 bits per heavy atom. The first-order chi connectivity index (χ1) is 11.7. The maximum atomic E-state index is 13.2. The lowest BCUT2D eigenvalue weighted by Gasteiger charge is -2.26. The minimum atomic E-state index is 0.0466. The Morgan fingerprint density at radius 2 is 2.04 bits per heavy atom. The SMILES string of the molecule is Cc1cccc([C@H]2CCCN2C(=O)c2noc3c2CCCC3)c1C. The molecule has 0 radical (unpaired) electrons. The van der Waals surface area contributed by atoms with Crippen molar-refractivity contribution in [2.45, 2.75) is 58.4 Å². The quantitative estimate of drug-likeness (QED) is 0.834. The highest BCUT2D eigenvalue weighted by Gasteiger charge is 2.35. The third-order valence-corrected chi connectivity index (χ3v) is 5.67. The summed E-state index contributed by atoms with van der Waals surface area (Å²) in [6, 6.07) is 6.55. The van der Waals surface area contributed by atoms with E-state index in [0.29, 0.717) is 5.69 Å². The van der Waals surface area contributed by atoms with Crippen LogP contribution in [-0.2, 0) is 12.8 Å². The van der Waals surface area contributed by atoms with Crippen molar-refractivity contribution in [3.8, 4) is 0 Å². The predicted molar refractivity (Wildman–Crippen MR) is 92.1 cm³/mol. The van der Waals surface area contributed by atoms with Gasteiger partial charge >= 0.3 is 0 Å². The monoisotopic (exact) mass is 324 g/mol. The van der Waals surface area contributed by atoms with Crippen LogP contribution in [0.2, 0.25) is 0 Å². The average Bonchev–Trinajstić information content (AvgIpc) is 3.23. The lowest BCUT2D eigenvalue weighted by Crippen LogP contribution is -2.32. The number of amides is 1. The zero-order valence-electron chi connectivity index (χ0n) is 14.5. The van der Waals surface area contributed by atoms with Gasteiger partial charge in [-0.25, -0.2) is 0 Å². The number of hydrogen-bond acceptors (Lipinski definition) is 3. The molecule has 4 rings (SSSR count). The summed E-state index contributed by atoms with van der Waals surface area (Å²) in [7, 11) is 0. The van der Waals surface area contributed by atoms with Crippen LogP contribution < -0.4 is 0 Å². The largest absolute Gasteiger partial charge is 0.360 e. The van der Waals surface area contributed by atoms with Gasteiger partial charge in [0.05, 0.1) is 6.04 Å². The maximum absolute atomic E-state index is 13.2. The summed E-state index contributed by atoms with van der Waals surface area (Å²) in [6.45, 7) is 5.09. The molecule has 1 aliphatic heterocycles. The van der Waals surface area contributed by atoms with Gasteiger partial charge in [0.25, 0.3) is 5.91 Å². The van der Waals surface area contributed by atoms with Crippen molar-refractivity contribution >= 4 is 5.91 Å². The molecule has 4 heteroatoms. The van der Waals surface area contributed by atoms with Gasteiger partial charge in [-0.2, -0.15) is 0 Å². The lowest BCUT2D eigenvalue weighted by atomic mass is 9.94. The standard InChI is InChI=1S/C20H24N2O2/c1-13-7-5-9-15(14(13)2)17-10-6-12-22(17)20(23)19-16-8-3-4-11-18(16)24-21-19/h5,7,9,17H,3-4,6,8,10-12H2,1-2H3/t17-/m1/s1. The number of fused-ring (bicyclic) bond motifs is 1. The number of carbonyl (C=O) groups excluding carboxylic acids is 1. The van der Waals surface area contributed by atoms with Gasteiger partial charge in [-0.05, 0) is 62.6 Å². The van der Waals surface area contributed by atoms with Crippen molar-refractivity contribution in [1.82, 2.24) is 10.1 Å². The molecule has 2 aromatic rings.